The third-order valence-corrected chi connectivity index (χ3v) is 3.85. The number of nitro groups is 1. The zero-order valence-electron chi connectivity index (χ0n) is 9.51. The lowest BCUT2D eigenvalue weighted by Crippen LogP contribution is -2.18. The quantitative estimate of drug-likeness (QED) is 0.660. The van der Waals surface area contributed by atoms with E-state index < -0.39 is 0 Å². The third-order valence-electron chi connectivity index (χ3n) is 2.69. The molecular weight excluding hydrogens is 240 g/mol. The Bertz CT molecular complexity index is 419. The SMILES string of the molecule is COc1ccc(NC2CCSC2)c([N+](=O)[O-])c1. The molecule has 1 heterocycles. The Morgan fingerprint density at radius 2 is 2.41 bits per heavy atom. The van der Waals surface area contributed by atoms with Gasteiger partial charge in [0, 0.05) is 11.8 Å². The normalized spacial score (nSPS) is 19.0. The van der Waals surface area contributed by atoms with E-state index in [9.17, 15) is 10.1 Å². The molecule has 0 bridgehead atoms. The van der Waals surface area contributed by atoms with Crippen LogP contribution in [0.2, 0.25) is 0 Å². The minimum absolute atomic E-state index is 0.0706. The molecule has 0 amide bonds. The number of nitrogens with one attached hydrogen (secondary N) is 1. The molecule has 1 aromatic carbocycles. The largest absolute Gasteiger partial charge is 0.496 e. The number of nitrogens with zero attached hydrogens (tertiary/aromatic N) is 1. The van der Waals surface area contributed by atoms with Crippen molar-refractivity contribution in [3.63, 3.8) is 0 Å². The van der Waals surface area contributed by atoms with Crippen molar-refractivity contribution in [2.75, 3.05) is 23.9 Å². The zero-order chi connectivity index (χ0) is 12.3. The first-order valence-electron chi connectivity index (χ1n) is 5.37. The molecule has 0 aliphatic carbocycles. The molecule has 0 aromatic heterocycles. The van der Waals surface area contributed by atoms with Gasteiger partial charge in [-0.15, -0.1) is 0 Å². The third kappa shape index (κ3) is 2.82. The lowest BCUT2D eigenvalue weighted by molar-refractivity contribution is -0.384. The van der Waals surface area contributed by atoms with E-state index in [1.54, 1.807) is 12.1 Å². The monoisotopic (exact) mass is 254 g/mol. The number of nitro benzene ring substituents is 1. The molecule has 92 valence electrons. The van der Waals surface area contributed by atoms with Crippen molar-refractivity contribution in [3.8, 4) is 5.75 Å². The molecule has 6 heteroatoms. The molecule has 1 unspecified atom stereocenters. The van der Waals surface area contributed by atoms with Crippen molar-refractivity contribution in [1.82, 2.24) is 0 Å². The van der Waals surface area contributed by atoms with Crippen LogP contribution in [0.15, 0.2) is 18.2 Å². The highest BCUT2D eigenvalue weighted by atomic mass is 32.2. The maximum absolute atomic E-state index is 11.0. The van der Waals surface area contributed by atoms with Gasteiger partial charge in [-0.25, -0.2) is 0 Å². The minimum Gasteiger partial charge on any atom is -0.496 e. The smallest absolute Gasteiger partial charge is 0.296 e. The van der Waals surface area contributed by atoms with E-state index in [-0.39, 0.29) is 10.6 Å². The topological polar surface area (TPSA) is 64.4 Å². The van der Waals surface area contributed by atoms with Gasteiger partial charge in [-0.1, -0.05) is 0 Å². The van der Waals surface area contributed by atoms with Crippen LogP contribution >= 0.6 is 11.8 Å². The Balaban J connectivity index is 2.22. The van der Waals surface area contributed by atoms with Gasteiger partial charge in [0.1, 0.15) is 11.4 Å². The number of methoxy groups -OCH3 is 1. The molecular formula is C11H14N2O3S. The van der Waals surface area contributed by atoms with Crippen molar-refractivity contribution >= 4 is 23.1 Å². The fraction of sp³-hybridized carbons (Fsp3) is 0.455. The molecule has 1 saturated heterocycles. The van der Waals surface area contributed by atoms with E-state index >= 15 is 0 Å². The van der Waals surface area contributed by atoms with Crippen LogP contribution < -0.4 is 10.1 Å². The number of benzene rings is 1. The van der Waals surface area contributed by atoms with Gasteiger partial charge in [0.25, 0.3) is 5.69 Å². The Hall–Kier alpha value is -1.43. The molecule has 1 aliphatic heterocycles. The summed E-state index contributed by atoms with van der Waals surface area (Å²) in [5.74, 6) is 2.62. The summed E-state index contributed by atoms with van der Waals surface area (Å²) in [6.07, 6.45) is 1.05. The number of hydrogen-bond donors (Lipinski definition) is 1. The van der Waals surface area contributed by atoms with Crippen LogP contribution in [0.1, 0.15) is 6.42 Å². The van der Waals surface area contributed by atoms with Crippen LogP contribution in [-0.2, 0) is 0 Å². The molecule has 2 rings (SSSR count). The first kappa shape index (κ1) is 12.0. The summed E-state index contributed by atoms with van der Waals surface area (Å²) in [6.45, 7) is 0. The fourth-order valence-corrected chi connectivity index (χ4v) is 2.93. The van der Waals surface area contributed by atoms with Gasteiger partial charge in [0.05, 0.1) is 18.1 Å². The molecule has 1 atom stereocenters. The highest BCUT2D eigenvalue weighted by molar-refractivity contribution is 7.99. The Kier molecular flexibility index (Phi) is 3.73. The highest BCUT2D eigenvalue weighted by Gasteiger charge is 2.20. The van der Waals surface area contributed by atoms with E-state index in [1.165, 1.54) is 13.2 Å². The van der Waals surface area contributed by atoms with Gasteiger partial charge < -0.3 is 10.1 Å². The summed E-state index contributed by atoms with van der Waals surface area (Å²) in [7, 11) is 1.50. The van der Waals surface area contributed by atoms with Crippen molar-refractivity contribution in [2.24, 2.45) is 0 Å². The van der Waals surface area contributed by atoms with E-state index in [0.29, 0.717) is 17.5 Å². The number of rotatable bonds is 4. The average Bonchev–Trinajstić information content (AvgIpc) is 2.82. The predicted molar refractivity (Wildman–Crippen MR) is 69.0 cm³/mol. The fourth-order valence-electron chi connectivity index (χ4n) is 1.78. The molecule has 17 heavy (non-hydrogen) atoms. The van der Waals surface area contributed by atoms with Gasteiger partial charge in [-0.2, -0.15) is 11.8 Å². The average molecular weight is 254 g/mol. The van der Waals surface area contributed by atoms with Gasteiger partial charge >= 0.3 is 0 Å². The molecule has 5 nitrogen and oxygen atoms in total. The Morgan fingerprint density at radius 1 is 1.59 bits per heavy atom. The Morgan fingerprint density at radius 3 is 3.00 bits per heavy atom. The molecule has 1 aliphatic rings. The van der Waals surface area contributed by atoms with Crippen LogP contribution in [0.25, 0.3) is 0 Å². The molecule has 0 radical (unpaired) electrons. The van der Waals surface area contributed by atoms with Gasteiger partial charge in [-0.05, 0) is 24.3 Å². The lowest BCUT2D eigenvalue weighted by Gasteiger charge is -2.13. The highest BCUT2D eigenvalue weighted by Crippen LogP contribution is 2.31. The van der Waals surface area contributed by atoms with Gasteiger partial charge in [0.15, 0.2) is 0 Å². The van der Waals surface area contributed by atoms with Crippen LogP contribution in [0, 0.1) is 10.1 Å². The van der Waals surface area contributed by atoms with E-state index in [2.05, 4.69) is 5.32 Å². The first-order valence-corrected chi connectivity index (χ1v) is 6.53. The summed E-state index contributed by atoms with van der Waals surface area (Å²) in [5.41, 5.74) is 0.643. The molecule has 1 fully saturated rings. The number of hydrogen-bond acceptors (Lipinski definition) is 5. The van der Waals surface area contributed by atoms with Crippen LogP contribution in [0.4, 0.5) is 11.4 Å². The summed E-state index contributed by atoms with van der Waals surface area (Å²) in [5, 5.41) is 14.2. The molecule has 1 aromatic rings. The second-order valence-corrected chi connectivity index (χ2v) is 4.99. The maximum atomic E-state index is 11.0. The van der Waals surface area contributed by atoms with Crippen LogP contribution in [0.5, 0.6) is 5.75 Å². The zero-order valence-corrected chi connectivity index (χ0v) is 10.3. The van der Waals surface area contributed by atoms with Gasteiger partial charge in [0.2, 0.25) is 0 Å². The van der Waals surface area contributed by atoms with E-state index in [0.717, 1.165) is 17.9 Å². The van der Waals surface area contributed by atoms with Crippen LogP contribution in [0.3, 0.4) is 0 Å². The lowest BCUT2D eigenvalue weighted by atomic mass is 10.2. The first-order chi connectivity index (χ1) is 8.20. The van der Waals surface area contributed by atoms with Gasteiger partial charge in [-0.3, -0.25) is 10.1 Å². The summed E-state index contributed by atoms with van der Waals surface area (Å²) in [6, 6.07) is 5.22. The number of anilines is 1. The Labute approximate surface area is 104 Å². The molecule has 1 N–H and O–H groups in total. The predicted octanol–water partition coefficient (Wildman–Crippen LogP) is 2.52. The second-order valence-electron chi connectivity index (χ2n) is 3.85. The van der Waals surface area contributed by atoms with Crippen molar-refractivity contribution in [1.29, 1.82) is 0 Å². The number of thioether (sulfide) groups is 1. The molecule has 0 saturated carbocycles. The second kappa shape index (κ2) is 5.27. The summed E-state index contributed by atoms with van der Waals surface area (Å²) in [4.78, 5) is 10.6. The van der Waals surface area contributed by atoms with Crippen molar-refractivity contribution < 1.29 is 9.66 Å². The number of ether oxygens (including phenoxy) is 1. The van der Waals surface area contributed by atoms with E-state index in [4.69, 9.17) is 4.74 Å². The minimum atomic E-state index is -0.382. The van der Waals surface area contributed by atoms with E-state index in [1.807, 2.05) is 11.8 Å². The maximum Gasteiger partial charge on any atom is 0.296 e. The summed E-state index contributed by atoms with van der Waals surface area (Å²) >= 11 is 1.87. The standard InChI is InChI=1S/C11H14N2O3S/c1-16-9-2-3-10(11(6-9)13(14)15)12-8-4-5-17-7-8/h2-3,6,8,12H,4-5,7H2,1H3. The molecule has 0 spiro atoms. The van der Waals surface area contributed by atoms with Crippen molar-refractivity contribution in [2.45, 2.75) is 12.5 Å². The summed E-state index contributed by atoms with van der Waals surface area (Å²) < 4.78 is 4.99. The van der Waals surface area contributed by atoms with Crippen LogP contribution in [-0.4, -0.2) is 29.6 Å². The van der Waals surface area contributed by atoms with Crippen molar-refractivity contribution in [3.05, 3.63) is 28.3 Å².